The molecule has 2 fully saturated rings. The average Bonchev–Trinajstić information content (AvgIpc) is 1.60. The second-order valence-electron chi connectivity index (χ2n) is 36.9. The normalized spacial score (nSPS) is 14.3. The minimum absolute atomic E-state index is 0. The van der Waals surface area contributed by atoms with Crippen LogP contribution in [0.4, 0.5) is 0 Å². The predicted octanol–water partition coefficient (Wildman–Crippen LogP) is 35.0. The van der Waals surface area contributed by atoms with Crippen molar-refractivity contribution >= 4 is 29.9 Å². The first kappa shape index (κ1) is 97.5. The molecule has 2 aliphatic heterocycles. The number of hydrogen-bond donors (Lipinski definition) is 0. The lowest BCUT2D eigenvalue weighted by Gasteiger charge is -2.32. The van der Waals surface area contributed by atoms with Crippen LogP contribution in [-0.2, 0) is 57.1 Å². The first-order chi connectivity index (χ1) is 58.1. The number of aryl methyl sites for hydroxylation is 7. The van der Waals surface area contributed by atoms with E-state index in [4.69, 9.17) is 18.6 Å². The Balaban J connectivity index is 0.000000227. The van der Waals surface area contributed by atoms with Gasteiger partial charge >= 0.3 is 14.0 Å². The molecule has 0 spiro atoms. The van der Waals surface area contributed by atoms with Gasteiger partial charge in [-0.25, -0.2) is 0 Å². The Morgan fingerprint density at radius 3 is 0.628 bits per heavy atom. The lowest BCUT2D eigenvalue weighted by molar-refractivity contribution is 0.00578. The quantitative estimate of drug-likeness (QED) is 0.0282. The van der Waals surface area contributed by atoms with Crippen LogP contribution in [0.15, 0.2) is 223 Å². The van der Waals surface area contributed by atoms with Crippen LogP contribution in [0, 0.1) is 6.92 Å². The van der Waals surface area contributed by atoms with E-state index in [2.05, 4.69) is 283 Å². The van der Waals surface area contributed by atoms with Crippen molar-refractivity contribution in [3.8, 4) is 89.0 Å². The molecule has 0 saturated carbocycles. The molecule has 2 aliphatic rings. The largest absolute Gasteiger partial charge is 0.488 e. The lowest BCUT2D eigenvalue weighted by Crippen LogP contribution is -2.41. The van der Waals surface area contributed by atoms with Crippen LogP contribution in [0.3, 0.4) is 0 Å². The third kappa shape index (κ3) is 28.8. The first-order valence-electron chi connectivity index (χ1n) is 47.5. The summed E-state index contributed by atoms with van der Waals surface area (Å²) in [7, 11) is -0.952. The van der Waals surface area contributed by atoms with Gasteiger partial charge in [-0.05, 0) is 274 Å². The van der Waals surface area contributed by atoms with E-state index in [0.717, 1.165) is 30.2 Å². The molecule has 12 rings (SSSR count). The lowest BCUT2D eigenvalue weighted by atomic mass is 9.49. The molecule has 10 aromatic carbocycles. The molecule has 0 radical (unpaired) electrons. The number of halogens is 1. The van der Waals surface area contributed by atoms with E-state index < -0.39 is 14.0 Å². The summed E-state index contributed by atoms with van der Waals surface area (Å²) < 4.78 is 25.0. The molecule has 2 heterocycles. The Hall–Kier alpha value is -7.35. The van der Waals surface area contributed by atoms with Crippen molar-refractivity contribution < 1.29 is 18.6 Å². The molecule has 0 N–H and O–H groups in total. The minimum Gasteiger partial charge on any atom is -0.405 e. The topological polar surface area (TPSA) is 36.9 Å². The standard InChI is InChI=1S/C52H66.C49H59Br.C12H24B2O4.CH4/c1-5-8-11-14-15-16-17-20-42-25-29-44(30-26-42)46-33-37-48(38-34-46)52-40-49(21-18-12-9-6-2)51(39-50(52)22-19-13-10-7-3)47-35-31-45(32-36-47)43-27-23-41(4)24-28-43;1-4-7-10-13-14-17-38-20-22-39(23-21-38)40-24-28-43(29-25-40)48-36-46(19-16-12-9-6-3)49(37-45(48)18-15-11-8-5-2)44-30-26-41(27-31-44)42-32-34-47(50)35-33-42;1-9(2)10(3,4)16-13(15-9)14-17-11(5,6)12(7,8)18-14;/h23-40H,5-22H2,1-4H3;20-37H,4-19H2,1-3H3;1-8H3;1H4. The van der Waals surface area contributed by atoms with Crippen molar-refractivity contribution in [2.75, 3.05) is 0 Å². The Morgan fingerprint density at radius 2 is 0.397 bits per heavy atom. The molecule has 0 bridgehead atoms. The monoisotopic (exact) mass is 1690 g/mol. The Bertz CT molecular complexity index is 4550. The van der Waals surface area contributed by atoms with Crippen LogP contribution in [0.5, 0.6) is 0 Å². The van der Waals surface area contributed by atoms with Gasteiger partial charge in [0.15, 0.2) is 0 Å². The Morgan fingerprint density at radius 1 is 0.223 bits per heavy atom. The fourth-order valence-corrected chi connectivity index (χ4v) is 17.2. The van der Waals surface area contributed by atoms with Crippen molar-refractivity contribution in [1.82, 2.24) is 0 Å². The molecule has 646 valence electrons. The molecule has 0 aliphatic carbocycles. The fourth-order valence-electron chi connectivity index (χ4n) is 17.0. The zero-order chi connectivity index (χ0) is 85.3. The predicted molar refractivity (Wildman–Crippen MR) is 533 cm³/mol. The van der Waals surface area contributed by atoms with Gasteiger partial charge in [0.1, 0.15) is 0 Å². The van der Waals surface area contributed by atoms with Crippen LogP contribution >= 0.6 is 15.9 Å². The van der Waals surface area contributed by atoms with E-state index in [1.165, 1.54) is 321 Å². The number of rotatable bonds is 43. The van der Waals surface area contributed by atoms with Crippen molar-refractivity contribution in [3.63, 3.8) is 0 Å². The van der Waals surface area contributed by atoms with E-state index in [-0.39, 0.29) is 29.8 Å². The first-order valence-corrected chi connectivity index (χ1v) is 48.3. The summed E-state index contributed by atoms with van der Waals surface area (Å²) in [6, 6.07) is 84.0. The Labute approximate surface area is 746 Å². The highest BCUT2D eigenvalue weighted by atomic mass is 79.9. The summed E-state index contributed by atoms with van der Waals surface area (Å²) in [5, 5.41) is 0. The van der Waals surface area contributed by atoms with E-state index in [1.54, 1.807) is 0 Å². The summed E-state index contributed by atoms with van der Waals surface area (Å²) in [5.41, 5.74) is 30.1. The zero-order valence-corrected chi connectivity index (χ0v) is 78.6. The zero-order valence-electron chi connectivity index (χ0n) is 77.0. The summed E-state index contributed by atoms with van der Waals surface area (Å²) in [4.78, 5) is 0. The highest BCUT2D eigenvalue weighted by Crippen LogP contribution is 2.45. The van der Waals surface area contributed by atoms with Crippen LogP contribution < -0.4 is 0 Å². The third-order valence-corrected chi connectivity index (χ3v) is 26.7. The van der Waals surface area contributed by atoms with E-state index in [9.17, 15) is 0 Å². The molecule has 7 heteroatoms. The maximum atomic E-state index is 5.96. The number of unbranched alkanes of at least 4 members (excludes halogenated alkanes) is 22. The van der Waals surface area contributed by atoms with Gasteiger partial charge in [-0.2, -0.15) is 0 Å². The molecule has 2 saturated heterocycles. The number of hydrogen-bond acceptors (Lipinski definition) is 4. The van der Waals surface area contributed by atoms with Gasteiger partial charge in [-0.15, -0.1) is 0 Å². The molecule has 0 atom stereocenters. The van der Waals surface area contributed by atoms with Crippen molar-refractivity contribution in [2.24, 2.45) is 0 Å². The molecule has 0 aromatic heterocycles. The Kier molecular flexibility index (Phi) is 39.8. The van der Waals surface area contributed by atoms with Crippen LogP contribution in [0.25, 0.3) is 89.0 Å². The molecule has 121 heavy (non-hydrogen) atoms. The van der Waals surface area contributed by atoms with E-state index in [0.29, 0.717) is 0 Å². The van der Waals surface area contributed by atoms with Gasteiger partial charge in [0.25, 0.3) is 0 Å². The summed E-state index contributed by atoms with van der Waals surface area (Å²) in [6.45, 7) is 32.2. The maximum absolute atomic E-state index is 5.96. The van der Waals surface area contributed by atoms with Gasteiger partial charge in [-0.1, -0.05) is 418 Å². The molecular formula is C114H153B2BrO4. The van der Waals surface area contributed by atoms with E-state index in [1.807, 2.05) is 55.4 Å². The number of benzene rings is 10. The molecule has 0 unspecified atom stereocenters. The van der Waals surface area contributed by atoms with Gasteiger partial charge in [0, 0.05) is 4.47 Å². The van der Waals surface area contributed by atoms with E-state index >= 15 is 0 Å². The maximum Gasteiger partial charge on any atom is 0.488 e. The van der Waals surface area contributed by atoms with Crippen LogP contribution in [-0.4, -0.2) is 36.4 Å². The molecule has 0 amide bonds. The minimum atomic E-state index is -0.476. The van der Waals surface area contributed by atoms with Gasteiger partial charge in [0.05, 0.1) is 22.4 Å². The van der Waals surface area contributed by atoms with Crippen molar-refractivity contribution in [2.45, 2.75) is 352 Å². The summed E-state index contributed by atoms with van der Waals surface area (Å²) in [5.74, 6) is 0. The second kappa shape index (κ2) is 49.4. The van der Waals surface area contributed by atoms with Gasteiger partial charge in [0.2, 0.25) is 0 Å². The van der Waals surface area contributed by atoms with Gasteiger partial charge < -0.3 is 18.6 Å². The molecule has 4 nitrogen and oxygen atoms in total. The highest BCUT2D eigenvalue weighted by molar-refractivity contribution is 9.10. The summed E-state index contributed by atoms with van der Waals surface area (Å²) >= 11 is 3.58. The van der Waals surface area contributed by atoms with Crippen LogP contribution in [0.2, 0.25) is 0 Å². The van der Waals surface area contributed by atoms with Crippen molar-refractivity contribution in [1.29, 1.82) is 0 Å². The van der Waals surface area contributed by atoms with Gasteiger partial charge in [-0.3, -0.25) is 0 Å². The third-order valence-electron chi connectivity index (χ3n) is 26.2. The molecular weight excluding hydrogens is 1530 g/mol. The van der Waals surface area contributed by atoms with Crippen LogP contribution in [0.1, 0.15) is 323 Å². The van der Waals surface area contributed by atoms with Crippen molar-refractivity contribution in [3.05, 3.63) is 262 Å². The fraction of sp³-hybridized carbons (Fsp3) is 0.474. The highest BCUT2D eigenvalue weighted by Gasteiger charge is 2.63. The SMILES string of the molecule is C.CC1(C)OB(B2OC(C)(C)C(C)(C)O2)OC1(C)C.CCCCCCCCCc1ccc(-c2ccc(-c3cc(CCCCCC)c(-c4ccc(-c5ccc(C)cc5)cc4)cc3CCCCCC)cc2)cc1.CCCCCCCc1ccc(-c2ccc(-c3cc(CCCCCC)c(-c4ccc(-c5ccc(Br)cc5)cc4)cc3CCCCCC)cc2)cc1. The second-order valence-corrected chi connectivity index (χ2v) is 37.9. The molecule has 10 aromatic rings. The summed E-state index contributed by atoms with van der Waals surface area (Å²) in [6.07, 6.45) is 43.6. The average molecular weight is 1690 g/mol. The smallest absolute Gasteiger partial charge is 0.405 e.